The first-order chi connectivity index (χ1) is 9.03. The van der Waals surface area contributed by atoms with E-state index >= 15 is 0 Å². The number of hydrogen-bond donors (Lipinski definition) is 1. The van der Waals surface area contributed by atoms with E-state index < -0.39 is 0 Å². The molecule has 2 heteroatoms. The molecular formula is C17H26N2. The van der Waals surface area contributed by atoms with Crippen molar-refractivity contribution in [1.82, 2.24) is 5.32 Å². The lowest BCUT2D eigenvalue weighted by atomic mass is 9.84. The van der Waals surface area contributed by atoms with Gasteiger partial charge in [0.1, 0.15) is 0 Å². The van der Waals surface area contributed by atoms with Gasteiger partial charge in [0.25, 0.3) is 0 Å². The molecule has 1 N–H and O–H groups in total. The van der Waals surface area contributed by atoms with Crippen molar-refractivity contribution in [1.29, 1.82) is 5.26 Å². The van der Waals surface area contributed by atoms with E-state index in [4.69, 9.17) is 5.26 Å². The van der Waals surface area contributed by atoms with Crippen LogP contribution in [0, 0.1) is 17.2 Å². The van der Waals surface area contributed by atoms with Gasteiger partial charge in [0, 0.05) is 18.5 Å². The lowest BCUT2D eigenvalue weighted by Crippen LogP contribution is -2.35. The van der Waals surface area contributed by atoms with Gasteiger partial charge in [-0.25, -0.2) is 0 Å². The summed E-state index contributed by atoms with van der Waals surface area (Å²) in [7, 11) is 0. The predicted molar refractivity (Wildman–Crippen MR) is 81.1 cm³/mol. The third-order valence-corrected chi connectivity index (χ3v) is 3.78. The van der Waals surface area contributed by atoms with Gasteiger partial charge in [-0.3, -0.25) is 0 Å². The molecule has 0 spiro atoms. The van der Waals surface area contributed by atoms with Crippen LogP contribution in [0.15, 0.2) is 24.3 Å². The molecule has 0 aromatic heterocycles. The molecule has 2 nitrogen and oxygen atoms in total. The van der Waals surface area contributed by atoms with Crippen molar-refractivity contribution in [3.8, 4) is 6.07 Å². The van der Waals surface area contributed by atoms with Gasteiger partial charge >= 0.3 is 0 Å². The highest BCUT2D eigenvalue weighted by Gasteiger charge is 2.20. The number of nitriles is 1. The molecule has 1 aromatic carbocycles. The zero-order valence-electron chi connectivity index (χ0n) is 12.7. The Balaban J connectivity index is 2.57. The van der Waals surface area contributed by atoms with Crippen molar-refractivity contribution < 1.29 is 0 Å². The smallest absolute Gasteiger partial charge is 0.0669 e. The molecule has 0 radical (unpaired) electrons. The third kappa shape index (κ3) is 4.69. The largest absolute Gasteiger partial charge is 0.315 e. The monoisotopic (exact) mass is 258 g/mol. The van der Waals surface area contributed by atoms with Crippen molar-refractivity contribution in [2.75, 3.05) is 13.1 Å². The minimum Gasteiger partial charge on any atom is -0.315 e. The molecule has 1 atom stereocenters. The summed E-state index contributed by atoms with van der Waals surface area (Å²) in [5.41, 5.74) is 2.82. The van der Waals surface area contributed by atoms with Crippen LogP contribution >= 0.6 is 0 Å². The van der Waals surface area contributed by atoms with Gasteiger partial charge in [-0.2, -0.15) is 5.26 Å². The van der Waals surface area contributed by atoms with Crippen LogP contribution in [0.4, 0.5) is 0 Å². The summed E-state index contributed by atoms with van der Waals surface area (Å²) < 4.78 is 0. The zero-order valence-corrected chi connectivity index (χ0v) is 12.7. The molecule has 0 saturated heterocycles. The lowest BCUT2D eigenvalue weighted by molar-refractivity contribution is 0.445. The number of aryl methyl sites for hydroxylation is 1. The molecule has 1 unspecified atom stereocenters. The Labute approximate surface area is 117 Å². The predicted octanol–water partition coefficient (Wildman–Crippen LogP) is 3.67. The lowest BCUT2D eigenvalue weighted by Gasteiger charge is -2.26. The van der Waals surface area contributed by atoms with Crippen molar-refractivity contribution in [3.63, 3.8) is 0 Å². The van der Waals surface area contributed by atoms with Gasteiger partial charge in [0.2, 0.25) is 0 Å². The molecule has 0 aliphatic heterocycles. The second-order valence-corrected chi connectivity index (χ2v) is 5.80. The fourth-order valence-corrected chi connectivity index (χ4v) is 2.13. The molecule has 0 aliphatic carbocycles. The quantitative estimate of drug-likeness (QED) is 0.810. The molecule has 0 heterocycles. The first-order valence-corrected chi connectivity index (χ1v) is 7.23. The molecule has 1 aromatic rings. The van der Waals surface area contributed by atoms with E-state index in [9.17, 15) is 0 Å². The average Bonchev–Trinajstić information content (AvgIpc) is 2.43. The van der Waals surface area contributed by atoms with Crippen molar-refractivity contribution >= 4 is 0 Å². The Kier molecular flexibility index (Phi) is 6.05. The Bertz CT molecular complexity index is 412. The first kappa shape index (κ1) is 15.7. The van der Waals surface area contributed by atoms with E-state index in [0.717, 1.165) is 25.9 Å². The van der Waals surface area contributed by atoms with Crippen LogP contribution in [-0.4, -0.2) is 13.1 Å². The van der Waals surface area contributed by atoms with Crippen molar-refractivity contribution in [2.45, 2.75) is 46.0 Å². The van der Waals surface area contributed by atoms with Crippen LogP contribution in [0.25, 0.3) is 0 Å². The zero-order chi connectivity index (χ0) is 14.3. The topological polar surface area (TPSA) is 35.8 Å². The summed E-state index contributed by atoms with van der Waals surface area (Å²) in [6.07, 6.45) is 1.99. The summed E-state index contributed by atoms with van der Waals surface area (Å²) in [5, 5.41) is 12.4. The molecule has 0 bridgehead atoms. The van der Waals surface area contributed by atoms with E-state index in [0.29, 0.717) is 0 Å². The molecule has 0 saturated carbocycles. The average molecular weight is 258 g/mol. The van der Waals surface area contributed by atoms with Gasteiger partial charge in [0.15, 0.2) is 0 Å². The van der Waals surface area contributed by atoms with Crippen LogP contribution in [0.5, 0.6) is 0 Å². The maximum Gasteiger partial charge on any atom is 0.0669 e. The Morgan fingerprint density at radius 3 is 2.32 bits per heavy atom. The van der Waals surface area contributed by atoms with Gasteiger partial charge < -0.3 is 5.32 Å². The number of rotatable bonds is 7. The standard InChI is InChI=1S/C17H26N2/c1-5-14-7-9-16(10-8-14)17(3,4)13-19-12-15(6-2)11-18/h7-10,15,19H,5-6,12-13H2,1-4H3. The summed E-state index contributed by atoms with van der Waals surface area (Å²) in [5.74, 6) is 0.123. The molecule has 0 fully saturated rings. The first-order valence-electron chi connectivity index (χ1n) is 7.23. The van der Waals surface area contributed by atoms with Gasteiger partial charge in [-0.1, -0.05) is 52.0 Å². The minimum absolute atomic E-state index is 0.0972. The second kappa shape index (κ2) is 7.31. The van der Waals surface area contributed by atoms with Gasteiger partial charge in [-0.15, -0.1) is 0 Å². The fourth-order valence-electron chi connectivity index (χ4n) is 2.13. The number of nitrogens with one attached hydrogen (secondary N) is 1. The summed E-state index contributed by atoms with van der Waals surface area (Å²) in [4.78, 5) is 0. The number of nitrogens with zero attached hydrogens (tertiary/aromatic N) is 1. The fraction of sp³-hybridized carbons (Fsp3) is 0.588. The third-order valence-electron chi connectivity index (χ3n) is 3.78. The minimum atomic E-state index is 0.0972. The van der Waals surface area contributed by atoms with E-state index in [-0.39, 0.29) is 11.3 Å². The Hall–Kier alpha value is -1.33. The molecule has 0 aliphatic rings. The second-order valence-electron chi connectivity index (χ2n) is 5.80. The highest BCUT2D eigenvalue weighted by Crippen LogP contribution is 2.22. The molecule has 19 heavy (non-hydrogen) atoms. The van der Waals surface area contributed by atoms with E-state index in [1.165, 1.54) is 11.1 Å². The Morgan fingerprint density at radius 1 is 1.21 bits per heavy atom. The molecule has 104 valence electrons. The highest BCUT2D eigenvalue weighted by molar-refractivity contribution is 5.28. The number of benzene rings is 1. The normalized spacial score (nSPS) is 13.0. The van der Waals surface area contributed by atoms with Crippen LogP contribution < -0.4 is 5.32 Å². The number of hydrogen-bond acceptors (Lipinski definition) is 2. The van der Waals surface area contributed by atoms with Crippen LogP contribution in [-0.2, 0) is 11.8 Å². The maximum absolute atomic E-state index is 8.94. The van der Waals surface area contributed by atoms with Crippen LogP contribution in [0.2, 0.25) is 0 Å². The van der Waals surface area contributed by atoms with E-state index in [1.54, 1.807) is 0 Å². The van der Waals surface area contributed by atoms with E-state index in [1.807, 2.05) is 0 Å². The summed E-state index contributed by atoms with van der Waals surface area (Å²) >= 11 is 0. The van der Waals surface area contributed by atoms with Gasteiger partial charge in [0.05, 0.1) is 12.0 Å². The molecule has 1 rings (SSSR count). The summed E-state index contributed by atoms with van der Waals surface area (Å²) in [6.45, 7) is 10.4. The van der Waals surface area contributed by atoms with Crippen LogP contribution in [0.1, 0.15) is 45.2 Å². The Morgan fingerprint density at radius 2 is 1.84 bits per heavy atom. The SMILES string of the molecule is CCc1ccc(C(C)(C)CNCC(C#N)CC)cc1. The molecule has 0 amide bonds. The van der Waals surface area contributed by atoms with Crippen molar-refractivity contribution in [2.24, 2.45) is 5.92 Å². The molecular weight excluding hydrogens is 232 g/mol. The van der Waals surface area contributed by atoms with E-state index in [2.05, 4.69) is 63.3 Å². The van der Waals surface area contributed by atoms with Gasteiger partial charge in [-0.05, 0) is 24.0 Å². The van der Waals surface area contributed by atoms with Crippen molar-refractivity contribution in [3.05, 3.63) is 35.4 Å². The highest BCUT2D eigenvalue weighted by atomic mass is 14.9. The van der Waals surface area contributed by atoms with Crippen LogP contribution in [0.3, 0.4) is 0 Å². The summed E-state index contributed by atoms with van der Waals surface area (Å²) in [6, 6.07) is 11.2. The maximum atomic E-state index is 8.94.